The second-order valence-corrected chi connectivity index (χ2v) is 8.60. The van der Waals surface area contributed by atoms with Crippen LogP contribution in [0.15, 0.2) is 12.3 Å². The molecular weight excluding hydrogens is 384 g/mol. The fraction of sp³-hybridized carbons (Fsp3) is 0.650. The molecule has 2 heterocycles. The van der Waals surface area contributed by atoms with E-state index in [1.807, 2.05) is 13.8 Å². The van der Waals surface area contributed by atoms with E-state index in [-0.39, 0.29) is 23.8 Å². The van der Waals surface area contributed by atoms with Crippen molar-refractivity contribution in [1.29, 1.82) is 0 Å². The average Bonchev–Trinajstić information content (AvgIpc) is 2.60. The lowest BCUT2D eigenvalue weighted by Gasteiger charge is -2.43. The Morgan fingerprint density at radius 2 is 1.86 bits per heavy atom. The van der Waals surface area contributed by atoms with Crippen molar-refractivity contribution in [1.82, 2.24) is 14.8 Å². The summed E-state index contributed by atoms with van der Waals surface area (Å²) in [5, 5.41) is 9.69. The first-order valence-corrected chi connectivity index (χ1v) is 9.70. The maximum absolute atomic E-state index is 13.7. The Kier molecular flexibility index (Phi) is 7.02. The van der Waals surface area contributed by atoms with Gasteiger partial charge in [0.1, 0.15) is 18.0 Å². The summed E-state index contributed by atoms with van der Waals surface area (Å²) < 4.78 is 32.2. The quantitative estimate of drug-likeness (QED) is 0.798. The van der Waals surface area contributed by atoms with Crippen LogP contribution in [0.4, 0.5) is 13.6 Å². The van der Waals surface area contributed by atoms with E-state index in [1.165, 1.54) is 4.90 Å². The molecule has 1 aromatic heterocycles. The number of carbonyl (C=O) groups is 2. The highest BCUT2D eigenvalue weighted by molar-refractivity contribution is 5.86. The SMILES string of the molecule is CC(C)[C@@H](C(=O)N1CCC(Oc2ncc(F)cc2F)CC1)N(C(=O)O)C(C)(C)C. The van der Waals surface area contributed by atoms with Gasteiger partial charge in [0.25, 0.3) is 5.88 Å². The normalized spacial score (nSPS) is 16.6. The fourth-order valence-electron chi connectivity index (χ4n) is 3.54. The van der Waals surface area contributed by atoms with Gasteiger partial charge in [-0.25, -0.2) is 18.6 Å². The van der Waals surface area contributed by atoms with Crippen LogP contribution in [-0.2, 0) is 4.79 Å². The number of carboxylic acid groups (broad SMARTS) is 1. The highest BCUT2D eigenvalue weighted by Gasteiger charge is 2.41. The number of halogens is 2. The molecule has 2 amide bonds. The summed E-state index contributed by atoms with van der Waals surface area (Å²) in [7, 11) is 0. The Morgan fingerprint density at radius 3 is 2.31 bits per heavy atom. The molecule has 0 radical (unpaired) electrons. The average molecular weight is 413 g/mol. The van der Waals surface area contributed by atoms with Gasteiger partial charge in [-0.05, 0) is 26.7 Å². The summed E-state index contributed by atoms with van der Waals surface area (Å²) >= 11 is 0. The first-order valence-electron chi connectivity index (χ1n) is 9.70. The number of nitrogens with zero attached hydrogens (tertiary/aromatic N) is 3. The summed E-state index contributed by atoms with van der Waals surface area (Å²) in [4.78, 5) is 31.5. The first-order chi connectivity index (χ1) is 13.4. The third-order valence-corrected chi connectivity index (χ3v) is 4.90. The van der Waals surface area contributed by atoms with E-state index in [0.29, 0.717) is 32.0 Å². The lowest BCUT2D eigenvalue weighted by Crippen LogP contribution is -2.60. The Hall–Kier alpha value is -2.45. The molecule has 0 spiro atoms. The van der Waals surface area contributed by atoms with E-state index in [1.54, 1.807) is 25.7 Å². The van der Waals surface area contributed by atoms with Crippen molar-refractivity contribution in [2.45, 2.75) is 65.1 Å². The van der Waals surface area contributed by atoms with Gasteiger partial charge in [-0.3, -0.25) is 9.69 Å². The zero-order chi connectivity index (χ0) is 21.9. The molecule has 0 saturated carbocycles. The zero-order valence-electron chi connectivity index (χ0n) is 17.5. The summed E-state index contributed by atoms with van der Waals surface area (Å²) in [6.45, 7) is 9.63. The molecule has 29 heavy (non-hydrogen) atoms. The van der Waals surface area contributed by atoms with Crippen molar-refractivity contribution in [3.8, 4) is 5.88 Å². The van der Waals surface area contributed by atoms with Crippen molar-refractivity contribution >= 4 is 12.0 Å². The van der Waals surface area contributed by atoms with Crippen molar-refractivity contribution in [3.63, 3.8) is 0 Å². The van der Waals surface area contributed by atoms with Gasteiger partial charge in [-0.2, -0.15) is 0 Å². The molecule has 1 aliphatic heterocycles. The van der Waals surface area contributed by atoms with Crippen LogP contribution in [0.3, 0.4) is 0 Å². The number of pyridine rings is 1. The highest BCUT2D eigenvalue weighted by Crippen LogP contribution is 2.26. The summed E-state index contributed by atoms with van der Waals surface area (Å²) in [6, 6.07) is -0.0949. The molecule has 7 nitrogen and oxygen atoms in total. The van der Waals surface area contributed by atoms with Crippen LogP contribution in [0, 0.1) is 17.6 Å². The summed E-state index contributed by atoms with van der Waals surface area (Å²) in [5.41, 5.74) is -0.732. The molecule has 1 N–H and O–H groups in total. The minimum atomic E-state index is -1.14. The van der Waals surface area contributed by atoms with E-state index in [9.17, 15) is 23.5 Å². The first kappa shape index (κ1) is 22.8. The molecule has 162 valence electrons. The van der Waals surface area contributed by atoms with Crippen molar-refractivity contribution in [2.24, 2.45) is 5.92 Å². The van der Waals surface area contributed by atoms with Crippen LogP contribution in [0.1, 0.15) is 47.5 Å². The molecule has 1 fully saturated rings. The van der Waals surface area contributed by atoms with Gasteiger partial charge in [0.2, 0.25) is 5.91 Å². The number of hydrogen-bond acceptors (Lipinski definition) is 4. The number of hydrogen-bond donors (Lipinski definition) is 1. The third-order valence-electron chi connectivity index (χ3n) is 4.90. The van der Waals surface area contributed by atoms with Gasteiger partial charge in [0.05, 0.1) is 6.20 Å². The van der Waals surface area contributed by atoms with Gasteiger partial charge in [-0.15, -0.1) is 0 Å². The molecule has 0 bridgehead atoms. The monoisotopic (exact) mass is 413 g/mol. The molecule has 1 aromatic rings. The van der Waals surface area contributed by atoms with Gasteiger partial charge in [-0.1, -0.05) is 13.8 Å². The van der Waals surface area contributed by atoms with Gasteiger partial charge in [0.15, 0.2) is 5.82 Å². The van der Waals surface area contributed by atoms with E-state index in [0.717, 1.165) is 6.20 Å². The maximum Gasteiger partial charge on any atom is 0.408 e. The van der Waals surface area contributed by atoms with Crippen LogP contribution < -0.4 is 4.74 Å². The lowest BCUT2D eigenvalue weighted by molar-refractivity contribution is -0.142. The molecule has 2 rings (SSSR count). The highest BCUT2D eigenvalue weighted by atomic mass is 19.1. The molecule has 1 aliphatic rings. The predicted molar refractivity (Wildman–Crippen MR) is 103 cm³/mol. The van der Waals surface area contributed by atoms with Crippen LogP contribution in [0.5, 0.6) is 5.88 Å². The fourth-order valence-corrected chi connectivity index (χ4v) is 3.54. The minimum absolute atomic E-state index is 0.204. The van der Waals surface area contributed by atoms with E-state index in [4.69, 9.17) is 4.74 Å². The minimum Gasteiger partial charge on any atom is -0.472 e. The molecule has 9 heteroatoms. The Balaban J connectivity index is 2.06. The number of ether oxygens (including phenoxy) is 1. The van der Waals surface area contributed by atoms with E-state index in [2.05, 4.69) is 4.98 Å². The van der Waals surface area contributed by atoms with E-state index < -0.39 is 29.3 Å². The van der Waals surface area contributed by atoms with Crippen LogP contribution in [0.2, 0.25) is 0 Å². The van der Waals surface area contributed by atoms with Gasteiger partial charge in [0, 0.05) is 37.5 Å². The zero-order valence-corrected chi connectivity index (χ0v) is 17.5. The van der Waals surface area contributed by atoms with Crippen LogP contribution >= 0.6 is 0 Å². The second kappa shape index (κ2) is 8.92. The second-order valence-electron chi connectivity index (χ2n) is 8.60. The number of amides is 2. The summed E-state index contributed by atoms with van der Waals surface area (Å²) in [5.74, 6) is -2.37. The third kappa shape index (κ3) is 5.55. The smallest absolute Gasteiger partial charge is 0.408 e. The molecular formula is C20H29F2N3O4. The number of likely N-dealkylation sites (tertiary alicyclic amines) is 1. The molecule has 1 saturated heterocycles. The summed E-state index contributed by atoms with van der Waals surface area (Å²) in [6.07, 6.45) is 0.273. The Labute approximate surface area is 169 Å². The molecule has 0 aromatic carbocycles. The largest absolute Gasteiger partial charge is 0.472 e. The molecule has 0 unspecified atom stereocenters. The molecule has 1 atom stereocenters. The van der Waals surface area contributed by atoms with Crippen LogP contribution in [-0.4, -0.2) is 62.7 Å². The predicted octanol–water partition coefficient (Wildman–Crippen LogP) is 3.53. The Bertz CT molecular complexity index is 744. The van der Waals surface area contributed by atoms with Crippen LogP contribution in [0.25, 0.3) is 0 Å². The number of aromatic nitrogens is 1. The van der Waals surface area contributed by atoms with E-state index >= 15 is 0 Å². The van der Waals surface area contributed by atoms with Gasteiger partial charge < -0.3 is 14.7 Å². The number of carbonyl (C=O) groups excluding carboxylic acids is 1. The Morgan fingerprint density at radius 1 is 1.28 bits per heavy atom. The molecule has 0 aliphatic carbocycles. The lowest BCUT2D eigenvalue weighted by atomic mass is 9.94. The van der Waals surface area contributed by atoms with Gasteiger partial charge >= 0.3 is 6.09 Å². The number of piperidine rings is 1. The van der Waals surface area contributed by atoms with Crippen molar-refractivity contribution in [2.75, 3.05) is 13.1 Å². The van der Waals surface area contributed by atoms with Crippen molar-refractivity contribution < 1.29 is 28.2 Å². The van der Waals surface area contributed by atoms with Crippen molar-refractivity contribution in [3.05, 3.63) is 23.9 Å². The number of rotatable bonds is 5. The standard InChI is InChI=1S/C20H29F2N3O4/c1-12(2)16(25(19(27)28)20(3,4)5)18(26)24-8-6-14(7-9-24)29-17-15(22)10-13(21)11-23-17/h10-12,14,16H,6-9H2,1-5H3,(H,27,28)/t16-/m0/s1. The maximum atomic E-state index is 13.7. The topological polar surface area (TPSA) is 83.0 Å².